The van der Waals surface area contributed by atoms with Crippen LogP contribution >= 0.6 is 11.6 Å². The van der Waals surface area contributed by atoms with Gasteiger partial charge in [-0.2, -0.15) is 0 Å². The zero-order chi connectivity index (χ0) is 19.6. The number of carbonyl (C=O) groups is 3. The second-order valence-electron chi connectivity index (χ2n) is 6.69. The van der Waals surface area contributed by atoms with Crippen LogP contribution in [0.25, 0.3) is 0 Å². The van der Waals surface area contributed by atoms with Gasteiger partial charge in [0.2, 0.25) is 5.91 Å². The van der Waals surface area contributed by atoms with E-state index in [0.717, 1.165) is 11.1 Å². The molecule has 0 unspecified atom stereocenters. The molecule has 2 aromatic carbocycles. The Kier molecular flexibility index (Phi) is 5.61. The first-order chi connectivity index (χ1) is 12.9. The molecule has 0 saturated carbocycles. The minimum atomic E-state index is -0.610. The predicted octanol–water partition coefficient (Wildman–Crippen LogP) is 3.74. The fourth-order valence-corrected chi connectivity index (χ4v) is 3.26. The van der Waals surface area contributed by atoms with E-state index in [0.29, 0.717) is 16.3 Å². The van der Waals surface area contributed by atoms with Crippen molar-refractivity contribution in [3.8, 4) is 0 Å². The highest BCUT2D eigenvalue weighted by Gasteiger charge is 2.37. The van der Waals surface area contributed by atoms with Crippen molar-refractivity contribution in [3.05, 3.63) is 64.2 Å². The van der Waals surface area contributed by atoms with Gasteiger partial charge >= 0.3 is 5.97 Å². The zero-order valence-corrected chi connectivity index (χ0v) is 16.0. The molecule has 3 rings (SSSR count). The minimum absolute atomic E-state index is 0.0435. The smallest absolute Gasteiger partial charge is 0.311 e. The molecule has 0 radical (unpaired) electrons. The Bertz CT molecular complexity index is 909. The van der Waals surface area contributed by atoms with E-state index in [-0.39, 0.29) is 31.3 Å². The minimum Gasteiger partial charge on any atom is -0.457 e. The second kappa shape index (κ2) is 7.92. The van der Waals surface area contributed by atoms with Gasteiger partial charge in [0.1, 0.15) is 0 Å². The molecule has 1 amide bonds. The van der Waals surface area contributed by atoms with E-state index in [2.05, 4.69) is 0 Å². The van der Waals surface area contributed by atoms with E-state index in [1.165, 1.54) is 4.90 Å². The summed E-state index contributed by atoms with van der Waals surface area (Å²) in [6, 6.07) is 12.3. The van der Waals surface area contributed by atoms with Crippen molar-refractivity contribution < 1.29 is 19.1 Å². The van der Waals surface area contributed by atoms with Crippen LogP contribution < -0.4 is 4.90 Å². The van der Waals surface area contributed by atoms with E-state index in [1.807, 2.05) is 19.9 Å². The number of anilines is 1. The number of benzene rings is 2. The summed E-state index contributed by atoms with van der Waals surface area (Å²) in [4.78, 5) is 38.3. The van der Waals surface area contributed by atoms with Gasteiger partial charge in [-0.25, -0.2) is 0 Å². The van der Waals surface area contributed by atoms with Crippen LogP contribution in [-0.4, -0.2) is 30.8 Å². The average molecular weight is 386 g/mol. The van der Waals surface area contributed by atoms with Crippen LogP contribution in [0, 0.1) is 19.8 Å². The van der Waals surface area contributed by atoms with Gasteiger partial charge in [0.25, 0.3) is 0 Å². The topological polar surface area (TPSA) is 63.7 Å². The number of halogens is 1. The van der Waals surface area contributed by atoms with Crippen molar-refractivity contribution in [2.24, 2.45) is 5.92 Å². The molecule has 6 heteroatoms. The normalized spacial score (nSPS) is 16.5. The summed E-state index contributed by atoms with van der Waals surface area (Å²) in [6.45, 7) is 3.74. The Hall–Kier alpha value is -2.66. The van der Waals surface area contributed by atoms with Crippen LogP contribution in [0.2, 0.25) is 5.02 Å². The zero-order valence-electron chi connectivity index (χ0n) is 15.2. The van der Waals surface area contributed by atoms with Crippen molar-refractivity contribution in [3.63, 3.8) is 0 Å². The van der Waals surface area contributed by atoms with Crippen molar-refractivity contribution in [1.29, 1.82) is 0 Å². The van der Waals surface area contributed by atoms with Crippen LogP contribution in [0.5, 0.6) is 0 Å². The number of ketones is 1. The Labute approximate surface area is 162 Å². The summed E-state index contributed by atoms with van der Waals surface area (Å²) in [5, 5.41) is 0.449. The third-order valence-corrected chi connectivity index (χ3v) is 5.10. The van der Waals surface area contributed by atoms with Gasteiger partial charge in [0.15, 0.2) is 12.4 Å². The Balaban J connectivity index is 1.60. The highest BCUT2D eigenvalue weighted by Crippen LogP contribution is 2.31. The molecular weight excluding hydrogens is 366 g/mol. The third-order valence-electron chi connectivity index (χ3n) is 4.78. The molecule has 140 valence electrons. The molecule has 1 saturated heterocycles. The number of aryl methyl sites for hydroxylation is 2. The van der Waals surface area contributed by atoms with Crippen LogP contribution in [-0.2, 0) is 14.3 Å². The number of rotatable bonds is 5. The summed E-state index contributed by atoms with van der Waals surface area (Å²) in [6.07, 6.45) is 0.0435. The fourth-order valence-electron chi connectivity index (χ4n) is 3.02. The van der Waals surface area contributed by atoms with Crippen molar-refractivity contribution in [2.45, 2.75) is 20.3 Å². The second-order valence-corrected chi connectivity index (χ2v) is 7.09. The summed E-state index contributed by atoms with van der Waals surface area (Å²) >= 11 is 6.14. The molecule has 0 spiro atoms. The van der Waals surface area contributed by atoms with E-state index < -0.39 is 11.9 Å². The summed E-state index contributed by atoms with van der Waals surface area (Å²) in [7, 11) is 0. The molecule has 27 heavy (non-hydrogen) atoms. The fraction of sp³-hybridized carbons (Fsp3) is 0.286. The number of esters is 1. The molecule has 2 aromatic rings. The van der Waals surface area contributed by atoms with Crippen LogP contribution in [0.4, 0.5) is 5.69 Å². The monoisotopic (exact) mass is 385 g/mol. The van der Waals surface area contributed by atoms with Gasteiger partial charge in [-0.05, 0) is 43.2 Å². The van der Waals surface area contributed by atoms with Crippen molar-refractivity contribution in [1.82, 2.24) is 0 Å². The molecule has 0 N–H and O–H groups in total. The quantitative estimate of drug-likeness (QED) is 0.581. The molecule has 1 heterocycles. The highest BCUT2D eigenvalue weighted by molar-refractivity contribution is 6.33. The number of para-hydroxylation sites is 1. The summed E-state index contributed by atoms with van der Waals surface area (Å²) < 4.78 is 5.17. The molecule has 1 aliphatic heterocycles. The average Bonchev–Trinajstić information content (AvgIpc) is 3.03. The Morgan fingerprint density at radius 2 is 1.89 bits per heavy atom. The van der Waals surface area contributed by atoms with Gasteiger partial charge in [0.05, 0.1) is 16.6 Å². The summed E-state index contributed by atoms with van der Waals surface area (Å²) in [5.41, 5.74) is 3.17. The first kappa shape index (κ1) is 19.1. The number of hydrogen-bond acceptors (Lipinski definition) is 4. The Morgan fingerprint density at radius 3 is 2.59 bits per heavy atom. The largest absolute Gasteiger partial charge is 0.457 e. The van der Waals surface area contributed by atoms with Crippen molar-refractivity contribution >= 4 is 34.9 Å². The predicted molar refractivity (Wildman–Crippen MR) is 103 cm³/mol. The molecule has 1 atom stereocenters. The van der Waals surface area contributed by atoms with E-state index in [4.69, 9.17) is 16.3 Å². The van der Waals surface area contributed by atoms with Gasteiger partial charge in [0, 0.05) is 18.5 Å². The van der Waals surface area contributed by atoms with Crippen LogP contribution in [0.3, 0.4) is 0 Å². The van der Waals surface area contributed by atoms with Gasteiger partial charge in [-0.15, -0.1) is 0 Å². The van der Waals surface area contributed by atoms with E-state index in [1.54, 1.807) is 36.4 Å². The first-order valence-corrected chi connectivity index (χ1v) is 9.06. The lowest BCUT2D eigenvalue weighted by atomic mass is 10.0. The van der Waals surface area contributed by atoms with Crippen molar-refractivity contribution in [2.75, 3.05) is 18.1 Å². The number of nitrogens with zero attached hydrogens (tertiary/aromatic N) is 1. The SMILES string of the molecule is Cc1ccc(C(=O)COC(=O)[C@@H]2CC(=O)N(c3ccccc3Cl)C2)cc1C. The first-order valence-electron chi connectivity index (χ1n) is 8.69. The third kappa shape index (κ3) is 4.19. The van der Waals surface area contributed by atoms with Gasteiger partial charge in [-0.1, -0.05) is 35.9 Å². The maximum absolute atomic E-state index is 12.3. The van der Waals surface area contributed by atoms with E-state index >= 15 is 0 Å². The van der Waals surface area contributed by atoms with Gasteiger partial charge < -0.3 is 9.64 Å². The number of amides is 1. The number of hydrogen-bond donors (Lipinski definition) is 0. The molecule has 0 aliphatic carbocycles. The summed E-state index contributed by atoms with van der Waals surface area (Å²) in [5.74, 6) is -1.61. The molecular formula is C21H20ClNO4. The number of carbonyl (C=O) groups excluding carboxylic acids is 3. The molecule has 0 aromatic heterocycles. The standard InChI is InChI=1S/C21H20ClNO4/c1-13-7-8-15(9-14(13)2)19(24)12-27-21(26)16-10-20(25)23(11-16)18-6-4-3-5-17(18)22/h3-9,16H,10-12H2,1-2H3/t16-/m1/s1. The number of ether oxygens (including phenoxy) is 1. The molecule has 0 bridgehead atoms. The van der Waals surface area contributed by atoms with E-state index in [9.17, 15) is 14.4 Å². The van der Waals surface area contributed by atoms with Crippen LogP contribution in [0.15, 0.2) is 42.5 Å². The maximum atomic E-state index is 12.3. The lowest BCUT2D eigenvalue weighted by Gasteiger charge is -2.17. The highest BCUT2D eigenvalue weighted by atomic mass is 35.5. The molecule has 1 fully saturated rings. The van der Waals surface area contributed by atoms with Crippen LogP contribution in [0.1, 0.15) is 27.9 Å². The number of Topliss-reactive ketones (excluding diaryl/α,β-unsaturated/α-hetero) is 1. The molecule has 5 nitrogen and oxygen atoms in total. The lowest BCUT2D eigenvalue weighted by molar-refractivity contribution is -0.147. The lowest BCUT2D eigenvalue weighted by Crippen LogP contribution is -2.27. The Morgan fingerprint density at radius 1 is 1.15 bits per heavy atom. The maximum Gasteiger partial charge on any atom is 0.311 e. The van der Waals surface area contributed by atoms with Gasteiger partial charge in [-0.3, -0.25) is 14.4 Å². The molecule has 1 aliphatic rings.